The first-order valence-corrected chi connectivity index (χ1v) is 10.8. The summed E-state index contributed by atoms with van der Waals surface area (Å²) in [6.07, 6.45) is 6.00. The first-order chi connectivity index (χ1) is 15.3. The molecule has 9 heteroatoms. The number of amides is 1. The number of halogens is 1. The molecule has 1 aliphatic rings. The molecule has 2 unspecified atom stereocenters. The smallest absolute Gasteiger partial charge is 0.252 e. The Kier molecular flexibility index (Phi) is 6.01. The highest BCUT2D eigenvalue weighted by Crippen LogP contribution is 2.32. The largest absolute Gasteiger partial charge is 0.365 e. The van der Waals surface area contributed by atoms with E-state index in [1.165, 1.54) is 6.07 Å². The third-order valence-electron chi connectivity index (χ3n) is 6.40. The zero-order valence-corrected chi connectivity index (χ0v) is 19.0. The molecular formula is C23H30FN7O. The fourth-order valence-electron chi connectivity index (χ4n) is 4.66. The molecule has 0 aliphatic heterocycles. The van der Waals surface area contributed by atoms with E-state index in [4.69, 9.17) is 5.73 Å². The minimum absolute atomic E-state index is 0.00794. The Balaban J connectivity index is 1.71. The maximum Gasteiger partial charge on any atom is 0.252 e. The van der Waals surface area contributed by atoms with Crippen molar-refractivity contribution in [2.75, 3.05) is 31.4 Å². The van der Waals surface area contributed by atoms with Crippen LogP contribution in [0.25, 0.3) is 11.0 Å². The number of hydrogen-bond donors (Lipinski definition) is 2. The van der Waals surface area contributed by atoms with Crippen LogP contribution in [0.1, 0.15) is 36.0 Å². The van der Waals surface area contributed by atoms with Gasteiger partial charge >= 0.3 is 0 Å². The first kappa shape index (κ1) is 22.0. The van der Waals surface area contributed by atoms with Crippen LogP contribution < -0.4 is 16.0 Å². The first-order valence-electron chi connectivity index (χ1n) is 10.8. The summed E-state index contributed by atoms with van der Waals surface area (Å²) in [6, 6.07) is 7.25. The van der Waals surface area contributed by atoms with Gasteiger partial charge in [0.05, 0.1) is 22.9 Å². The molecule has 1 aromatic carbocycles. The number of primary amides is 1. The van der Waals surface area contributed by atoms with Crippen molar-refractivity contribution in [2.24, 2.45) is 12.8 Å². The number of benzene rings is 1. The number of nitrogens with zero attached hydrogens (tertiary/aromatic N) is 5. The zero-order valence-electron chi connectivity index (χ0n) is 19.0. The summed E-state index contributed by atoms with van der Waals surface area (Å²) in [4.78, 5) is 25.0. The number of likely N-dealkylation sites (N-methyl/N-ethyl adjacent to an activating group) is 2. The number of aromatic nitrogens is 3. The van der Waals surface area contributed by atoms with E-state index in [0.717, 1.165) is 36.7 Å². The maximum absolute atomic E-state index is 15.1. The molecule has 2 heterocycles. The molecule has 3 N–H and O–H groups in total. The molecule has 0 spiro atoms. The molecule has 170 valence electrons. The highest BCUT2D eigenvalue weighted by atomic mass is 19.1. The Bertz CT molecular complexity index is 1140. The lowest BCUT2D eigenvalue weighted by Crippen LogP contribution is -2.50. The van der Waals surface area contributed by atoms with Crippen molar-refractivity contribution in [1.82, 2.24) is 19.4 Å². The lowest BCUT2D eigenvalue weighted by molar-refractivity contribution is 0.100. The number of aryl methyl sites for hydroxylation is 1. The van der Waals surface area contributed by atoms with Crippen LogP contribution >= 0.6 is 0 Å². The maximum atomic E-state index is 15.1. The van der Waals surface area contributed by atoms with E-state index in [1.54, 1.807) is 6.33 Å². The molecule has 4 rings (SSSR count). The second-order valence-electron chi connectivity index (χ2n) is 8.73. The molecule has 0 saturated heterocycles. The van der Waals surface area contributed by atoms with Crippen LogP contribution in [0.4, 0.5) is 21.7 Å². The normalized spacial score (nSPS) is 18.8. The summed E-state index contributed by atoms with van der Waals surface area (Å²) >= 11 is 0. The van der Waals surface area contributed by atoms with E-state index >= 15 is 4.39 Å². The highest BCUT2D eigenvalue weighted by Gasteiger charge is 2.32. The van der Waals surface area contributed by atoms with Crippen molar-refractivity contribution < 1.29 is 9.18 Å². The number of nitrogens with one attached hydrogen (secondary N) is 1. The highest BCUT2D eigenvalue weighted by molar-refractivity contribution is 5.99. The van der Waals surface area contributed by atoms with E-state index in [1.807, 2.05) is 41.8 Å². The summed E-state index contributed by atoms with van der Waals surface area (Å²) in [5.74, 6) is -0.866. The lowest BCUT2D eigenvalue weighted by atomic mass is 9.88. The molecule has 0 bridgehead atoms. The Hall–Kier alpha value is -3.20. The second kappa shape index (κ2) is 8.74. The molecule has 3 aromatic rings. The predicted molar refractivity (Wildman–Crippen MR) is 125 cm³/mol. The van der Waals surface area contributed by atoms with Crippen molar-refractivity contribution in [2.45, 2.75) is 37.8 Å². The van der Waals surface area contributed by atoms with E-state index in [2.05, 4.69) is 34.3 Å². The van der Waals surface area contributed by atoms with E-state index in [-0.39, 0.29) is 23.2 Å². The van der Waals surface area contributed by atoms with Gasteiger partial charge in [-0.1, -0.05) is 12.8 Å². The number of imidazole rings is 1. The molecular weight excluding hydrogens is 409 g/mol. The van der Waals surface area contributed by atoms with Gasteiger partial charge in [0.2, 0.25) is 0 Å². The van der Waals surface area contributed by atoms with Gasteiger partial charge in [0.15, 0.2) is 11.6 Å². The molecule has 8 nitrogen and oxygen atoms in total. The van der Waals surface area contributed by atoms with E-state index in [9.17, 15) is 4.79 Å². The quantitative estimate of drug-likeness (QED) is 0.613. The van der Waals surface area contributed by atoms with Crippen LogP contribution in [-0.2, 0) is 7.05 Å². The number of hydrogen-bond acceptors (Lipinski definition) is 6. The summed E-state index contributed by atoms with van der Waals surface area (Å²) in [5.41, 5.74) is 8.01. The molecule has 2 aromatic heterocycles. The van der Waals surface area contributed by atoms with Crippen molar-refractivity contribution in [1.29, 1.82) is 0 Å². The molecule has 2 atom stereocenters. The fourth-order valence-corrected chi connectivity index (χ4v) is 4.66. The Morgan fingerprint density at radius 1 is 1.19 bits per heavy atom. The minimum Gasteiger partial charge on any atom is -0.365 e. The van der Waals surface area contributed by atoms with Crippen molar-refractivity contribution in [3.63, 3.8) is 0 Å². The van der Waals surface area contributed by atoms with Crippen LogP contribution in [0, 0.1) is 5.82 Å². The summed E-state index contributed by atoms with van der Waals surface area (Å²) < 4.78 is 17.0. The van der Waals surface area contributed by atoms with Gasteiger partial charge in [0.1, 0.15) is 5.82 Å². The topological polar surface area (TPSA) is 92.3 Å². The van der Waals surface area contributed by atoms with Gasteiger partial charge in [0.25, 0.3) is 5.91 Å². The number of carbonyl (C=O) groups is 1. The van der Waals surface area contributed by atoms with Gasteiger partial charge in [-0.3, -0.25) is 4.79 Å². The van der Waals surface area contributed by atoms with Gasteiger partial charge in [-0.25, -0.2) is 14.4 Å². The average molecular weight is 440 g/mol. The van der Waals surface area contributed by atoms with Crippen molar-refractivity contribution in [3.05, 3.63) is 42.0 Å². The third-order valence-corrected chi connectivity index (χ3v) is 6.40. The van der Waals surface area contributed by atoms with Crippen LogP contribution in [0.2, 0.25) is 0 Å². The second-order valence-corrected chi connectivity index (χ2v) is 8.73. The molecule has 1 amide bonds. The fraction of sp³-hybridized carbons (Fsp3) is 0.435. The third kappa shape index (κ3) is 4.12. The number of fused-ring (bicyclic) bond motifs is 1. The average Bonchev–Trinajstić information content (AvgIpc) is 3.14. The molecule has 32 heavy (non-hydrogen) atoms. The Labute approximate surface area is 187 Å². The standard InChI is InChI=1S/C23H30FN7O/c1-29(2)19-7-5-6-8-20(19)31(4)23-16(24)12-15(21(25)32)22(28-23)27-14-9-10-18-17(11-14)26-13-30(18)3/h9-13,19-20H,5-8H2,1-4H3,(H2,25,32)(H,27,28). The van der Waals surface area contributed by atoms with Gasteiger partial charge in [0, 0.05) is 31.9 Å². The summed E-state index contributed by atoms with van der Waals surface area (Å²) in [5, 5.41) is 3.15. The van der Waals surface area contributed by atoms with Crippen LogP contribution in [0.5, 0.6) is 0 Å². The Morgan fingerprint density at radius 2 is 1.91 bits per heavy atom. The minimum atomic E-state index is -0.740. The van der Waals surface area contributed by atoms with Gasteiger partial charge in [-0.2, -0.15) is 0 Å². The number of rotatable bonds is 6. The van der Waals surface area contributed by atoms with Crippen LogP contribution in [-0.4, -0.2) is 58.6 Å². The van der Waals surface area contributed by atoms with Crippen molar-refractivity contribution in [3.8, 4) is 0 Å². The summed E-state index contributed by atoms with van der Waals surface area (Å²) in [7, 11) is 7.89. The van der Waals surface area contributed by atoms with Crippen LogP contribution in [0.3, 0.4) is 0 Å². The zero-order chi connectivity index (χ0) is 23.0. The summed E-state index contributed by atoms with van der Waals surface area (Å²) in [6.45, 7) is 0. The van der Waals surface area contributed by atoms with Gasteiger partial charge in [-0.05, 0) is 51.2 Å². The predicted octanol–water partition coefficient (Wildman–Crippen LogP) is 3.26. The van der Waals surface area contributed by atoms with Gasteiger partial charge in [-0.15, -0.1) is 0 Å². The number of carbonyl (C=O) groups excluding carboxylic acids is 1. The SMILES string of the molecule is CN(C)C1CCCCC1N(C)c1nc(Nc2ccc3c(c2)ncn3C)c(C(N)=O)cc1F. The monoisotopic (exact) mass is 439 g/mol. The molecule has 1 saturated carbocycles. The molecule has 1 fully saturated rings. The Morgan fingerprint density at radius 3 is 2.59 bits per heavy atom. The number of pyridine rings is 1. The van der Waals surface area contributed by atoms with Crippen LogP contribution in [0.15, 0.2) is 30.6 Å². The van der Waals surface area contributed by atoms with Gasteiger partial charge < -0.3 is 25.4 Å². The number of nitrogens with two attached hydrogens (primary N) is 1. The van der Waals surface area contributed by atoms with E-state index < -0.39 is 11.7 Å². The molecule has 1 aliphatic carbocycles. The van der Waals surface area contributed by atoms with Crippen molar-refractivity contribution >= 4 is 34.3 Å². The van der Waals surface area contributed by atoms with E-state index in [0.29, 0.717) is 11.7 Å². The molecule has 0 radical (unpaired) electrons. The number of anilines is 3. The lowest BCUT2D eigenvalue weighted by Gasteiger charge is -2.42.